The van der Waals surface area contributed by atoms with Gasteiger partial charge in [-0.3, -0.25) is 4.79 Å². The predicted octanol–water partition coefficient (Wildman–Crippen LogP) is 4.11. The highest BCUT2D eigenvalue weighted by molar-refractivity contribution is 7.13. The zero-order chi connectivity index (χ0) is 18.2. The molecule has 0 fully saturated rings. The molecular formula is C21H22N2O2S. The lowest BCUT2D eigenvalue weighted by molar-refractivity contribution is -0.121. The van der Waals surface area contributed by atoms with Crippen LogP contribution in [0.2, 0.25) is 0 Å². The molecule has 1 aromatic heterocycles. The molecular weight excluding hydrogens is 344 g/mol. The molecule has 0 saturated heterocycles. The molecule has 2 aromatic carbocycles. The van der Waals surface area contributed by atoms with Crippen molar-refractivity contribution in [3.05, 3.63) is 71.2 Å². The molecule has 0 saturated carbocycles. The lowest BCUT2D eigenvalue weighted by Crippen LogP contribution is -2.25. The fourth-order valence-corrected chi connectivity index (χ4v) is 3.46. The van der Waals surface area contributed by atoms with Gasteiger partial charge in [0.2, 0.25) is 5.91 Å². The Morgan fingerprint density at radius 1 is 1.08 bits per heavy atom. The summed E-state index contributed by atoms with van der Waals surface area (Å²) in [6.07, 6.45) is 1.93. The van der Waals surface area contributed by atoms with Crippen LogP contribution < -0.4 is 10.1 Å². The summed E-state index contributed by atoms with van der Waals surface area (Å²) in [7, 11) is 1.65. The number of amides is 1. The van der Waals surface area contributed by atoms with Crippen LogP contribution in [-0.2, 0) is 17.6 Å². The largest absolute Gasteiger partial charge is 0.497 e. The summed E-state index contributed by atoms with van der Waals surface area (Å²) >= 11 is 1.62. The zero-order valence-electron chi connectivity index (χ0n) is 14.8. The van der Waals surface area contributed by atoms with Crippen molar-refractivity contribution in [1.29, 1.82) is 0 Å². The molecule has 26 heavy (non-hydrogen) atoms. The molecule has 3 aromatic rings. The molecule has 1 N–H and O–H groups in total. The van der Waals surface area contributed by atoms with Crippen LogP contribution >= 0.6 is 11.3 Å². The Balaban J connectivity index is 1.40. The van der Waals surface area contributed by atoms with Gasteiger partial charge in [-0.1, -0.05) is 42.5 Å². The average molecular weight is 366 g/mol. The van der Waals surface area contributed by atoms with E-state index < -0.39 is 0 Å². The highest BCUT2D eigenvalue weighted by Crippen LogP contribution is 2.23. The number of hydrogen-bond donors (Lipinski definition) is 1. The number of thiazole rings is 1. The number of nitrogens with one attached hydrogen (secondary N) is 1. The van der Waals surface area contributed by atoms with Crippen molar-refractivity contribution in [2.45, 2.75) is 19.3 Å². The Morgan fingerprint density at radius 2 is 1.85 bits per heavy atom. The van der Waals surface area contributed by atoms with E-state index in [2.05, 4.69) is 22.4 Å². The van der Waals surface area contributed by atoms with Gasteiger partial charge in [-0.15, -0.1) is 11.3 Å². The number of methoxy groups -OCH3 is 1. The molecule has 3 rings (SSSR count). The molecule has 0 aliphatic carbocycles. The van der Waals surface area contributed by atoms with E-state index in [-0.39, 0.29) is 5.91 Å². The number of carbonyl (C=O) groups is 1. The van der Waals surface area contributed by atoms with E-state index >= 15 is 0 Å². The SMILES string of the molecule is COc1ccc(CCNC(=O)CCc2csc(-c3ccccc3)n2)cc1. The van der Waals surface area contributed by atoms with E-state index in [0.717, 1.165) is 28.4 Å². The van der Waals surface area contributed by atoms with Gasteiger partial charge in [0.05, 0.1) is 12.8 Å². The highest BCUT2D eigenvalue weighted by atomic mass is 32.1. The molecule has 0 unspecified atom stereocenters. The van der Waals surface area contributed by atoms with Gasteiger partial charge in [-0.05, 0) is 30.5 Å². The van der Waals surface area contributed by atoms with Gasteiger partial charge in [0.15, 0.2) is 0 Å². The summed E-state index contributed by atoms with van der Waals surface area (Å²) in [6, 6.07) is 18.0. The molecule has 0 bridgehead atoms. The van der Waals surface area contributed by atoms with Gasteiger partial charge in [0.1, 0.15) is 10.8 Å². The summed E-state index contributed by atoms with van der Waals surface area (Å²) in [5, 5.41) is 6.01. The Hall–Kier alpha value is -2.66. The van der Waals surface area contributed by atoms with Gasteiger partial charge in [0.25, 0.3) is 0 Å². The van der Waals surface area contributed by atoms with Crippen LogP contribution in [0.25, 0.3) is 10.6 Å². The number of aryl methyl sites for hydroxylation is 1. The third-order valence-electron chi connectivity index (χ3n) is 4.08. The van der Waals surface area contributed by atoms with Gasteiger partial charge >= 0.3 is 0 Å². The second-order valence-electron chi connectivity index (χ2n) is 5.96. The van der Waals surface area contributed by atoms with Gasteiger partial charge in [-0.25, -0.2) is 4.98 Å². The van der Waals surface area contributed by atoms with Crippen LogP contribution in [0, 0.1) is 0 Å². The van der Waals surface area contributed by atoms with Gasteiger partial charge in [0, 0.05) is 23.9 Å². The summed E-state index contributed by atoms with van der Waals surface area (Å²) in [5.74, 6) is 0.906. The van der Waals surface area contributed by atoms with Crippen LogP contribution in [0.4, 0.5) is 0 Å². The maximum Gasteiger partial charge on any atom is 0.220 e. The van der Waals surface area contributed by atoms with Crippen molar-refractivity contribution in [3.8, 4) is 16.3 Å². The molecule has 1 amide bonds. The standard InChI is InChI=1S/C21H22N2O2S/c1-25-19-10-7-16(8-11-19)13-14-22-20(24)12-9-18-15-26-21(23-18)17-5-3-2-4-6-17/h2-8,10-11,15H,9,12-14H2,1H3,(H,22,24). The first-order chi connectivity index (χ1) is 12.7. The molecule has 1 heterocycles. The number of ether oxygens (including phenoxy) is 1. The van der Waals surface area contributed by atoms with Crippen LogP contribution in [0.1, 0.15) is 17.7 Å². The molecule has 4 nitrogen and oxygen atoms in total. The molecule has 0 aliphatic rings. The van der Waals surface area contributed by atoms with Crippen LogP contribution in [0.5, 0.6) is 5.75 Å². The molecule has 0 radical (unpaired) electrons. The Bertz CT molecular complexity index is 829. The topological polar surface area (TPSA) is 51.2 Å². The molecule has 0 spiro atoms. The second kappa shape index (κ2) is 9.15. The summed E-state index contributed by atoms with van der Waals surface area (Å²) in [4.78, 5) is 16.7. The van der Waals surface area contributed by atoms with Crippen molar-refractivity contribution in [3.63, 3.8) is 0 Å². The lowest BCUT2D eigenvalue weighted by atomic mass is 10.1. The Labute approximate surface area is 157 Å². The predicted molar refractivity (Wildman–Crippen MR) is 106 cm³/mol. The monoisotopic (exact) mass is 366 g/mol. The minimum Gasteiger partial charge on any atom is -0.497 e. The van der Waals surface area contributed by atoms with E-state index in [1.165, 1.54) is 5.56 Å². The summed E-state index contributed by atoms with van der Waals surface area (Å²) < 4.78 is 5.14. The van der Waals surface area contributed by atoms with Crippen molar-refractivity contribution >= 4 is 17.2 Å². The van der Waals surface area contributed by atoms with Crippen molar-refractivity contribution in [2.75, 3.05) is 13.7 Å². The van der Waals surface area contributed by atoms with Crippen molar-refractivity contribution in [1.82, 2.24) is 10.3 Å². The number of carbonyl (C=O) groups excluding carboxylic acids is 1. The van der Waals surface area contributed by atoms with E-state index in [9.17, 15) is 4.79 Å². The van der Waals surface area contributed by atoms with Gasteiger partial charge in [-0.2, -0.15) is 0 Å². The fourth-order valence-electron chi connectivity index (χ4n) is 2.60. The lowest BCUT2D eigenvalue weighted by Gasteiger charge is -2.06. The maximum atomic E-state index is 12.0. The summed E-state index contributed by atoms with van der Waals surface area (Å²) in [6.45, 7) is 0.636. The molecule has 0 atom stereocenters. The minimum absolute atomic E-state index is 0.0628. The number of rotatable bonds is 8. The average Bonchev–Trinajstić information content (AvgIpc) is 3.17. The van der Waals surface area contributed by atoms with E-state index in [1.807, 2.05) is 47.8 Å². The third kappa shape index (κ3) is 5.17. The Morgan fingerprint density at radius 3 is 2.58 bits per heavy atom. The number of nitrogens with zero attached hydrogens (tertiary/aromatic N) is 1. The summed E-state index contributed by atoms with van der Waals surface area (Å²) in [5.41, 5.74) is 3.27. The zero-order valence-corrected chi connectivity index (χ0v) is 15.6. The number of hydrogen-bond acceptors (Lipinski definition) is 4. The van der Waals surface area contributed by atoms with Crippen LogP contribution in [0.15, 0.2) is 60.0 Å². The van der Waals surface area contributed by atoms with E-state index in [4.69, 9.17) is 4.74 Å². The first kappa shape index (κ1) is 18.1. The number of benzene rings is 2. The smallest absolute Gasteiger partial charge is 0.220 e. The van der Waals surface area contributed by atoms with Crippen LogP contribution in [0.3, 0.4) is 0 Å². The van der Waals surface area contributed by atoms with Crippen LogP contribution in [-0.4, -0.2) is 24.5 Å². The Kier molecular flexibility index (Phi) is 6.39. The highest BCUT2D eigenvalue weighted by Gasteiger charge is 2.07. The quantitative estimate of drug-likeness (QED) is 0.653. The molecule has 134 valence electrons. The minimum atomic E-state index is 0.0628. The van der Waals surface area contributed by atoms with Crippen molar-refractivity contribution < 1.29 is 9.53 Å². The van der Waals surface area contributed by atoms with E-state index in [1.54, 1.807) is 18.4 Å². The maximum absolute atomic E-state index is 12.0. The first-order valence-electron chi connectivity index (χ1n) is 8.64. The van der Waals surface area contributed by atoms with E-state index in [0.29, 0.717) is 19.4 Å². The number of aromatic nitrogens is 1. The molecule has 5 heteroatoms. The normalized spacial score (nSPS) is 10.5. The fraction of sp³-hybridized carbons (Fsp3) is 0.238. The van der Waals surface area contributed by atoms with Crippen molar-refractivity contribution in [2.24, 2.45) is 0 Å². The second-order valence-corrected chi connectivity index (χ2v) is 6.82. The van der Waals surface area contributed by atoms with Gasteiger partial charge < -0.3 is 10.1 Å². The third-order valence-corrected chi connectivity index (χ3v) is 5.02. The first-order valence-corrected chi connectivity index (χ1v) is 9.52. The molecule has 0 aliphatic heterocycles.